The first-order valence-corrected chi connectivity index (χ1v) is 9.31. The second-order valence-corrected chi connectivity index (χ2v) is 7.37. The molecule has 138 valence electrons. The zero-order chi connectivity index (χ0) is 18.1. The minimum Gasteiger partial charge on any atom is -0.493 e. The molecule has 1 unspecified atom stereocenters. The highest BCUT2D eigenvalue weighted by Crippen LogP contribution is 2.39. The van der Waals surface area contributed by atoms with E-state index in [4.69, 9.17) is 4.74 Å². The summed E-state index contributed by atoms with van der Waals surface area (Å²) in [5.41, 5.74) is 3.26. The normalized spacial score (nSPS) is 22.2. The minimum atomic E-state index is -0.246. The number of aliphatic hydroxyl groups is 1. The van der Waals surface area contributed by atoms with Crippen LogP contribution in [0.25, 0.3) is 0 Å². The first kappa shape index (κ1) is 17.1. The van der Waals surface area contributed by atoms with Gasteiger partial charge in [-0.15, -0.1) is 0 Å². The van der Waals surface area contributed by atoms with Crippen LogP contribution in [-0.2, 0) is 17.8 Å². The van der Waals surface area contributed by atoms with Gasteiger partial charge in [0.05, 0.1) is 24.4 Å². The van der Waals surface area contributed by atoms with Gasteiger partial charge in [0.15, 0.2) is 0 Å². The van der Waals surface area contributed by atoms with E-state index < -0.39 is 0 Å². The molecule has 1 atom stereocenters. The average Bonchev–Trinajstić information content (AvgIpc) is 3.23. The number of nitrogens with zero attached hydrogens (tertiary/aromatic N) is 2. The van der Waals surface area contributed by atoms with E-state index in [1.807, 2.05) is 31.3 Å². The van der Waals surface area contributed by atoms with Crippen LogP contribution >= 0.6 is 0 Å². The van der Waals surface area contributed by atoms with Gasteiger partial charge < -0.3 is 15.2 Å². The lowest BCUT2D eigenvalue weighted by Crippen LogP contribution is -2.41. The van der Waals surface area contributed by atoms with E-state index in [9.17, 15) is 9.90 Å². The predicted molar refractivity (Wildman–Crippen MR) is 96.8 cm³/mol. The van der Waals surface area contributed by atoms with Crippen molar-refractivity contribution >= 4 is 5.91 Å². The molecule has 4 rings (SSSR count). The number of amides is 1. The molecule has 1 amide bonds. The number of nitrogens with one attached hydrogen (secondary N) is 1. The Kier molecular flexibility index (Phi) is 4.68. The van der Waals surface area contributed by atoms with Crippen molar-refractivity contribution in [2.75, 3.05) is 6.61 Å². The number of hydrogen-bond acceptors (Lipinski definition) is 4. The van der Waals surface area contributed by atoms with E-state index in [2.05, 4.69) is 16.5 Å². The Morgan fingerprint density at radius 2 is 2.27 bits per heavy atom. The van der Waals surface area contributed by atoms with Crippen LogP contribution in [0.5, 0.6) is 5.75 Å². The number of fused-ring (bicyclic) bond motifs is 1. The Bertz CT molecular complexity index is 795. The van der Waals surface area contributed by atoms with Gasteiger partial charge in [-0.25, -0.2) is 0 Å². The molecule has 1 aliphatic heterocycles. The van der Waals surface area contributed by atoms with Gasteiger partial charge in [0.2, 0.25) is 5.91 Å². The van der Waals surface area contributed by atoms with Crippen LogP contribution in [0, 0.1) is 12.8 Å². The number of carbonyl (C=O) groups excluding carboxylic acids is 1. The number of ether oxygens (including phenoxy) is 1. The molecule has 0 radical (unpaired) electrons. The van der Waals surface area contributed by atoms with E-state index in [1.54, 1.807) is 4.68 Å². The molecule has 2 heterocycles. The van der Waals surface area contributed by atoms with Crippen LogP contribution < -0.4 is 10.1 Å². The topological polar surface area (TPSA) is 76.4 Å². The molecule has 1 saturated carbocycles. The molecule has 1 aromatic carbocycles. The Hall–Kier alpha value is -2.34. The van der Waals surface area contributed by atoms with Crippen LogP contribution in [-0.4, -0.2) is 33.5 Å². The molecule has 1 aromatic heterocycles. The highest BCUT2D eigenvalue weighted by atomic mass is 16.5. The molecule has 26 heavy (non-hydrogen) atoms. The molecule has 2 N–H and O–H groups in total. The smallest absolute Gasteiger partial charge is 0.222 e. The Labute approximate surface area is 153 Å². The van der Waals surface area contributed by atoms with Crippen molar-refractivity contribution in [2.45, 2.75) is 51.3 Å². The standard InChI is InChI=1S/C20H25N3O3/c1-13-4-7-23(22-13)8-5-19(25)21-20(16-11-17(24)12-16)15-2-3-18-14(10-15)6-9-26-18/h2-4,7,10,16-17,20,24H,5-6,8-9,11-12H2,1H3,(H,21,25). The molecule has 1 fully saturated rings. The molecule has 0 bridgehead atoms. The fraction of sp³-hybridized carbons (Fsp3) is 0.500. The van der Waals surface area contributed by atoms with Crippen molar-refractivity contribution in [1.82, 2.24) is 15.1 Å². The minimum absolute atomic E-state index is 0.0151. The van der Waals surface area contributed by atoms with Gasteiger partial charge >= 0.3 is 0 Å². The summed E-state index contributed by atoms with van der Waals surface area (Å²) in [6.45, 7) is 3.23. The summed E-state index contributed by atoms with van der Waals surface area (Å²) in [5, 5.41) is 17.2. The molecule has 0 saturated heterocycles. The van der Waals surface area contributed by atoms with Gasteiger partial charge in [0.1, 0.15) is 5.75 Å². The Balaban J connectivity index is 1.44. The van der Waals surface area contributed by atoms with Gasteiger partial charge in [-0.05, 0) is 55.0 Å². The van der Waals surface area contributed by atoms with Crippen LogP contribution in [0.15, 0.2) is 30.5 Å². The predicted octanol–water partition coefficient (Wildman–Crippen LogP) is 2.14. The number of aliphatic hydroxyl groups excluding tert-OH is 1. The van der Waals surface area contributed by atoms with Crippen molar-refractivity contribution < 1.29 is 14.6 Å². The quantitative estimate of drug-likeness (QED) is 0.832. The summed E-state index contributed by atoms with van der Waals surface area (Å²) in [6.07, 6.45) is 4.41. The van der Waals surface area contributed by atoms with Gasteiger partial charge in [-0.1, -0.05) is 6.07 Å². The third-order valence-electron chi connectivity index (χ3n) is 5.35. The highest BCUT2D eigenvalue weighted by Gasteiger charge is 2.36. The lowest BCUT2D eigenvalue weighted by Gasteiger charge is -2.38. The fourth-order valence-electron chi connectivity index (χ4n) is 3.82. The SMILES string of the molecule is Cc1ccn(CCC(=O)NC(c2ccc3c(c2)CCO3)C2CC(O)C2)n1. The van der Waals surface area contributed by atoms with E-state index in [-0.39, 0.29) is 24.0 Å². The number of carbonyl (C=O) groups is 1. The van der Waals surface area contributed by atoms with Crippen LogP contribution in [0.2, 0.25) is 0 Å². The summed E-state index contributed by atoms with van der Waals surface area (Å²) in [7, 11) is 0. The molecule has 2 aliphatic rings. The van der Waals surface area contributed by atoms with E-state index in [1.165, 1.54) is 5.56 Å². The molecule has 2 aromatic rings. The van der Waals surface area contributed by atoms with Crippen molar-refractivity contribution in [3.8, 4) is 5.75 Å². The maximum Gasteiger partial charge on any atom is 0.222 e. The monoisotopic (exact) mass is 355 g/mol. The first-order valence-electron chi connectivity index (χ1n) is 9.31. The van der Waals surface area contributed by atoms with Gasteiger partial charge in [0.25, 0.3) is 0 Å². The molecule has 0 spiro atoms. The average molecular weight is 355 g/mol. The molecular formula is C20H25N3O3. The van der Waals surface area contributed by atoms with Crippen molar-refractivity contribution in [3.05, 3.63) is 47.3 Å². The zero-order valence-corrected chi connectivity index (χ0v) is 15.0. The first-order chi connectivity index (χ1) is 12.6. The summed E-state index contributed by atoms with van der Waals surface area (Å²) < 4.78 is 7.38. The number of rotatable bonds is 6. The maximum absolute atomic E-state index is 12.5. The fourth-order valence-corrected chi connectivity index (χ4v) is 3.82. The summed E-state index contributed by atoms with van der Waals surface area (Å²) >= 11 is 0. The van der Waals surface area contributed by atoms with Crippen molar-refractivity contribution in [1.29, 1.82) is 0 Å². The van der Waals surface area contributed by atoms with Crippen LogP contribution in [0.1, 0.15) is 42.1 Å². The number of hydrogen-bond donors (Lipinski definition) is 2. The maximum atomic E-state index is 12.5. The van der Waals surface area contributed by atoms with Crippen molar-refractivity contribution in [3.63, 3.8) is 0 Å². The lowest BCUT2D eigenvalue weighted by atomic mass is 9.75. The molecule has 1 aliphatic carbocycles. The van der Waals surface area contributed by atoms with Crippen LogP contribution in [0.4, 0.5) is 0 Å². The highest BCUT2D eigenvalue weighted by molar-refractivity contribution is 5.76. The zero-order valence-electron chi connectivity index (χ0n) is 15.0. The third kappa shape index (κ3) is 3.60. The van der Waals surface area contributed by atoms with Gasteiger partial charge in [-0.3, -0.25) is 9.48 Å². The number of benzene rings is 1. The van der Waals surface area contributed by atoms with Crippen LogP contribution in [0.3, 0.4) is 0 Å². The molecule has 6 nitrogen and oxygen atoms in total. The Morgan fingerprint density at radius 1 is 1.42 bits per heavy atom. The molecule has 6 heteroatoms. The van der Waals surface area contributed by atoms with Gasteiger partial charge in [-0.2, -0.15) is 5.10 Å². The Morgan fingerprint density at radius 3 is 3.00 bits per heavy atom. The van der Waals surface area contributed by atoms with Crippen molar-refractivity contribution in [2.24, 2.45) is 5.92 Å². The van der Waals surface area contributed by atoms with E-state index in [0.717, 1.165) is 42.9 Å². The third-order valence-corrected chi connectivity index (χ3v) is 5.35. The van der Waals surface area contributed by atoms with Gasteiger partial charge in [0, 0.05) is 25.6 Å². The summed E-state index contributed by atoms with van der Waals surface area (Å²) in [6, 6.07) is 8.06. The second-order valence-electron chi connectivity index (χ2n) is 7.37. The number of aryl methyl sites for hydroxylation is 2. The lowest BCUT2D eigenvalue weighted by molar-refractivity contribution is -0.123. The number of aromatic nitrogens is 2. The van der Waals surface area contributed by atoms with E-state index in [0.29, 0.717) is 13.0 Å². The summed E-state index contributed by atoms with van der Waals surface area (Å²) in [5.74, 6) is 1.24. The largest absolute Gasteiger partial charge is 0.493 e. The second kappa shape index (κ2) is 7.11. The van der Waals surface area contributed by atoms with E-state index >= 15 is 0 Å². The summed E-state index contributed by atoms with van der Waals surface area (Å²) in [4.78, 5) is 12.5. The molecular weight excluding hydrogens is 330 g/mol.